The SMILES string of the molecule is CC(C)(C(=O)O)S(=O)CCc1ccccn1. The molecule has 0 aliphatic heterocycles. The molecule has 1 aromatic heterocycles. The lowest BCUT2D eigenvalue weighted by Gasteiger charge is -2.18. The van der Waals surface area contributed by atoms with E-state index in [0.717, 1.165) is 5.69 Å². The summed E-state index contributed by atoms with van der Waals surface area (Å²) < 4.78 is 10.6. The Kier molecular flexibility index (Phi) is 4.18. The summed E-state index contributed by atoms with van der Waals surface area (Å²) in [6, 6.07) is 5.50. The van der Waals surface area contributed by atoms with Gasteiger partial charge in [-0.1, -0.05) is 6.07 Å². The van der Waals surface area contributed by atoms with Crippen LogP contribution in [0.5, 0.6) is 0 Å². The van der Waals surface area contributed by atoms with Crippen molar-refractivity contribution in [2.75, 3.05) is 5.75 Å². The summed E-state index contributed by atoms with van der Waals surface area (Å²) in [6.45, 7) is 2.95. The lowest BCUT2D eigenvalue weighted by atomic mass is 10.2. The van der Waals surface area contributed by atoms with Gasteiger partial charge in [-0.05, 0) is 26.0 Å². The summed E-state index contributed by atoms with van der Waals surface area (Å²) in [5, 5.41) is 8.90. The van der Waals surface area contributed by atoms with Gasteiger partial charge in [-0.25, -0.2) is 0 Å². The fourth-order valence-corrected chi connectivity index (χ4v) is 2.20. The standard InChI is InChI=1S/C11H15NO3S/c1-11(2,10(13)14)16(15)8-6-9-5-3-4-7-12-9/h3-5,7H,6,8H2,1-2H3,(H,13,14). The van der Waals surface area contributed by atoms with Gasteiger partial charge in [0.25, 0.3) is 0 Å². The van der Waals surface area contributed by atoms with E-state index in [0.29, 0.717) is 12.2 Å². The largest absolute Gasteiger partial charge is 0.480 e. The van der Waals surface area contributed by atoms with Crippen LogP contribution < -0.4 is 0 Å². The summed E-state index contributed by atoms with van der Waals surface area (Å²) in [6.07, 6.45) is 2.20. The number of carboxylic acid groups (broad SMARTS) is 1. The average molecular weight is 241 g/mol. The van der Waals surface area contributed by atoms with Crippen molar-refractivity contribution in [2.45, 2.75) is 25.0 Å². The molecule has 1 unspecified atom stereocenters. The summed E-state index contributed by atoms with van der Waals surface area (Å²) >= 11 is 0. The van der Waals surface area contributed by atoms with Gasteiger partial charge >= 0.3 is 5.97 Å². The molecule has 0 saturated carbocycles. The van der Waals surface area contributed by atoms with Gasteiger partial charge in [-0.15, -0.1) is 0 Å². The third-order valence-electron chi connectivity index (χ3n) is 2.35. The molecule has 1 aromatic rings. The molecule has 16 heavy (non-hydrogen) atoms. The Morgan fingerprint density at radius 1 is 1.50 bits per heavy atom. The fraction of sp³-hybridized carbons (Fsp3) is 0.455. The van der Waals surface area contributed by atoms with Crippen LogP contribution in [0.2, 0.25) is 0 Å². The normalized spacial score (nSPS) is 13.4. The number of aliphatic carboxylic acids is 1. The van der Waals surface area contributed by atoms with Gasteiger partial charge in [-0.3, -0.25) is 14.0 Å². The van der Waals surface area contributed by atoms with Gasteiger partial charge in [0.15, 0.2) is 0 Å². The topological polar surface area (TPSA) is 67.3 Å². The van der Waals surface area contributed by atoms with Gasteiger partial charge in [0.2, 0.25) is 0 Å². The zero-order valence-electron chi connectivity index (χ0n) is 9.34. The van der Waals surface area contributed by atoms with Crippen LogP contribution in [-0.4, -0.2) is 30.8 Å². The highest BCUT2D eigenvalue weighted by atomic mass is 32.2. The molecular weight excluding hydrogens is 226 g/mol. The number of aryl methyl sites for hydroxylation is 1. The van der Waals surface area contributed by atoms with Gasteiger partial charge < -0.3 is 5.11 Å². The van der Waals surface area contributed by atoms with E-state index in [1.807, 2.05) is 18.2 Å². The van der Waals surface area contributed by atoms with Gasteiger partial charge in [0.05, 0.1) is 0 Å². The predicted molar refractivity (Wildman–Crippen MR) is 62.7 cm³/mol. The maximum atomic E-state index is 11.8. The van der Waals surface area contributed by atoms with Crippen LogP contribution >= 0.6 is 0 Å². The molecule has 0 fully saturated rings. The zero-order chi connectivity index (χ0) is 12.2. The maximum Gasteiger partial charge on any atom is 0.321 e. The lowest BCUT2D eigenvalue weighted by molar-refractivity contribution is -0.139. The Bertz CT molecular complexity index is 389. The maximum absolute atomic E-state index is 11.8. The number of hydrogen-bond acceptors (Lipinski definition) is 3. The third-order valence-corrected chi connectivity index (χ3v) is 4.24. The molecule has 1 N–H and O–H groups in total. The van der Waals surface area contributed by atoms with E-state index in [9.17, 15) is 9.00 Å². The van der Waals surface area contributed by atoms with Crippen molar-refractivity contribution >= 4 is 16.8 Å². The summed E-state index contributed by atoms with van der Waals surface area (Å²) in [5.74, 6) is -0.720. The Balaban J connectivity index is 2.57. The van der Waals surface area contributed by atoms with Crippen molar-refractivity contribution in [3.05, 3.63) is 30.1 Å². The minimum Gasteiger partial charge on any atom is -0.480 e. The molecule has 1 heterocycles. The smallest absolute Gasteiger partial charge is 0.321 e. The highest BCUT2D eigenvalue weighted by Gasteiger charge is 2.33. The van der Waals surface area contributed by atoms with Crippen LogP contribution in [0.25, 0.3) is 0 Å². The Morgan fingerprint density at radius 2 is 2.19 bits per heavy atom. The number of nitrogens with zero attached hydrogens (tertiary/aromatic N) is 1. The second-order valence-electron chi connectivity index (χ2n) is 3.94. The number of carbonyl (C=O) groups is 1. The molecule has 0 bridgehead atoms. The van der Waals surface area contributed by atoms with E-state index in [4.69, 9.17) is 5.11 Å². The second kappa shape index (κ2) is 5.21. The average Bonchev–Trinajstić information content (AvgIpc) is 2.27. The molecule has 4 nitrogen and oxygen atoms in total. The van der Waals surface area contributed by atoms with Crippen LogP contribution in [-0.2, 0) is 22.0 Å². The number of pyridine rings is 1. The molecule has 0 aliphatic carbocycles. The van der Waals surface area contributed by atoms with Crippen LogP contribution in [0.1, 0.15) is 19.5 Å². The molecule has 1 atom stereocenters. The van der Waals surface area contributed by atoms with Gasteiger partial charge in [0, 0.05) is 34.9 Å². The van der Waals surface area contributed by atoms with Gasteiger partial charge in [0.1, 0.15) is 4.75 Å². The minimum atomic E-state index is -1.40. The Hall–Kier alpha value is -1.23. The third kappa shape index (κ3) is 3.13. The first-order valence-electron chi connectivity index (χ1n) is 4.96. The minimum absolute atomic E-state index is 0.316. The molecule has 88 valence electrons. The first-order chi connectivity index (χ1) is 7.44. The fourth-order valence-electron chi connectivity index (χ4n) is 1.10. The van der Waals surface area contributed by atoms with Crippen molar-refractivity contribution in [3.63, 3.8) is 0 Å². The number of rotatable bonds is 5. The Morgan fingerprint density at radius 3 is 2.69 bits per heavy atom. The first kappa shape index (κ1) is 12.8. The van der Waals surface area contributed by atoms with E-state index in [1.165, 1.54) is 13.8 Å². The number of hydrogen-bond donors (Lipinski definition) is 1. The van der Waals surface area contributed by atoms with Crippen molar-refractivity contribution in [1.29, 1.82) is 0 Å². The van der Waals surface area contributed by atoms with Crippen LogP contribution in [0.3, 0.4) is 0 Å². The molecule has 1 rings (SSSR count). The van der Waals surface area contributed by atoms with Gasteiger partial charge in [-0.2, -0.15) is 0 Å². The molecule has 0 amide bonds. The number of aromatic nitrogens is 1. The molecule has 0 aliphatic rings. The van der Waals surface area contributed by atoms with E-state index < -0.39 is 21.5 Å². The van der Waals surface area contributed by atoms with Crippen LogP contribution in [0.4, 0.5) is 0 Å². The Labute approximate surface area is 97.2 Å². The van der Waals surface area contributed by atoms with Crippen molar-refractivity contribution < 1.29 is 14.1 Å². The molecule has 0 spiro atoms. The number of carboxylic acids is 1. The van der Waals surface area contributed by atoms with Crippen LogP contribution in [0.15, 0.2) is 24.4 Å². The summed E-state index contributed by atoms with van der Waals surface area (Å²) in [5.41, 5.74) is 0.831. The van der Waals surface area contributed by atoms with E-state index in [2.05, 4.69) is 4.98 Å². The molecular formula is C11H15NO3S. The predicted octanol–water partition coefficient (Wildman–Crippen LogP) is 1.24. The van der Waals surface area contributed by atoms with E-state index in [1.54, 1.807) is 6.20 Å². The highest BCUT2D eigenvalue weighted by Crippen LogP contribution is 2.14. The van der Waals surface area contributed by atoms with E-state index >= 15 is 0 Å². The monoisotopic (exact) mass is 241 g/mol. The molecule has 5 heteroatoms. The highest BCUT2D eigenvalue weighted by molar-refractivity contribution is 7.87. The molecule has 0 radical (unpaired) electrons. The quantitative estimate of drug-likeness (QED) is 0.842. The van der Waals surface area contributed by atoms with Crippen molar-refractivity contribution in [1.82, 2.24) is 4.98 Å². The van der Waals surface area contributed by atoms with Crippen molar-refractivity contribution in [2.24, 2.45) is 0 Å². The summed E-state index contributed by atoms with van der Waals surface area (Å²) in [4.78, 5) is 15.0. The molecule has 0 saturated heterocycles. The van der Waals surface area contributed by atoms with Crippen molar-refractivity contribution in [3.8, 4) is 0 Å². The van der Waals surface area contributed by atoms with E-state index in [-0.39, 0.29) is 0 Å². The summed E-state index contributed by atoms with van der Waals surface area (Å²) in [7, 11) is -1.40. The molecule has 0 aromatic carbocycles. The zero-order valence-corrected chi connectivity index (χ0v) is 10.2. The lowest BCUT2D eigenvalue weighted by Crippen LogP contribution is -2.38. The second-order valence-corrected chi connectivity index (χ2v) is 6.06. The van der Waals surface area contributed by atoms with Crippen LogP contribution in [0, 0.1) is 0 Å². The first-order valence-corrected chi connectivity index (χ1v) is 6.28.